The van der Waals surface area contributed by atoms with Gasteiger partial charge in [-0.25, -0.2) is 4.79 Å². The molecule has 0 bridgehead atoms. The molecule has 6 nitrogen and oxygen atoms in total. The largest absolute Gasteiger partial charge is 0.478 e. The van der Waals surface area contributed by atoms with Gasteiger partial charge in [0.2, 0.25) is 0 Å². The van der Waals surface area contributed by atoms with Gasteiger partial charge in [0.1, 0.15) is 0 Å². The topological polar surface area (TPSA) is 92.5 Å². The van der Waals surface area contributed by atoms with Crippen LogP contribution in [-0.2, 0) is 6.54 Å². The van der Waals surface area contributed by atoms with Gasteiger partial charge < -0.3 is 10.4 Å². The number of nitrogens with zero attached hydrogens (tertiary/aromatic N) is 1. The monoisotopic (exact) mass is 272 g/mol. The Kier molecular flexibility index (Phi) is 3.95. The van der Waals surface area contributed by atoms with Crippen molar-refractivity contribution < 1.29 is 14.8 Å². The maximum atomic E-state index is 10.7. The number of nitro groups is 1. The van der Waals surface area contributed by atoms with Crippen molar-refractivity contribution in [3.8, 4) is 0 Å². The molecule has 0 unspecified atom stereocenters. The predicted octanol–water partition coefficient (Wildman–Crippen LogP) is 2.91. The summed E-state index contributed by atoms with van der Waals surface area (Å²) in [5.41, 5.74) is 1.78. The Morgan fingerprint density at radius 2 is 1.90 bits per heavy atom. The van der Waals surface area contributed by atoms with Gasteiger partial charge in [-0.05, 0) is 23.8 Å². The molecule has 2 aromatic carbocycles. The van der Waals surface area contributed by atoms with Gasteiger partial charge in [0.25, 0.3) is 5.69 Å². The maximum Gasteiger partial charge on any atom is 0.335 e. The number of hydrogen-bond acceptors (Lipinski definition) is 4. The number of carboxylic acid groups (broad SMARTS) is 1. The first-order valence-electron chi connectivity index (χ1n) is 5.87. The highest BCUT2D eigenvalue weighted by atomic mass is 16.6. The van der Waals surface area contributed by atoms with Crippen LogP contribution in [-0.4, -0.2) is 16.0 Å². The third kappa shape index (κ3) is 3.32. The molecule has 2 aromatic rings. The first-order chi connectivity index (χ1) is 9.56. The second kappa shape index (κ2) is 5.83. The van der Waals surface area contributed by atoms with E-state index in [1.165, 1.54) is 24.3 Å². The van der Waals surface area contributed by atoms with Crippen molar-refractivity contribution in [2.24, 2.45) is 0 Å². The summed E-state index contributed by atoms with van der Waals surface area (Å²) in [5.74, 6) is -0.969. The summed E-state index contributed by atoms with van der Waals surface area (Å²) in [6, 6.07) is 12.7. The normalized spacial score (nSPS) is 10.0. The van der Waals surface area contributed by atoms with Crippen LogP contribution in [0.15, 0.2) is 48.5 Å². The third-order valence-electron chi connectivity index (χ3n) is 2.75. The SMILES string of the molecule is O=C(O)c1ccc(CNc2cccc([N+](=O)[O-])c2)cc1. The zero-order valence-electron chi connectivity index (χ0n) is 10.4. The number of benzene rings is 2. The Labute approximate surface area is 114 Å². The summed E-state index contributed by atoms with van der Waals surface area (Å²) in [7, 11) is 0. The van der Waals surface area contributed by atoms with Gasteiger partial charge >= 0.3 is 5.97 Å². The molecule has 0 spiro atoms. The summed E-state index contributed by atoms with van der Waals surface area (Å²) >= 11 is 0. The Bertz CT molecular complexity index is 638. The lowest BCUT2D eigenvalue weighted by Gasteiger charge is -2.06. The Hall–Kier alpha value is -2.89. The fraction of sp³-hybridized carbons (Fsp3) is 0.0714. The van der Waals surface area contributed by atoms with Crippen LogP contribution in [0.25, 0.3) is 0 Å². The van der Waals surface area contributed by atoms with E-state index >= 15 is 0 Å². The number of nitro benzene ring substituents is 1. The third-order valence-corrected chi connectivity index (χ3v) is 2.75. The van der Waals surface area contributed by atoms with Gasteiger partial charge in [-0.15, -0.1) is 0 Å². The standard InChI is InChI=1S/C14H12N2O4/c17-14(18)11-6-4-10(5-7-11)9-15-12-2-1-3-13(8-12)16(19)20/h1-8,15H,9H2,(H,17,18). The molecule has 0 aliphatic rings. The van der Waals surface area contributed by atoms with Crippen LogP contribution in [0, 0.1) is 10.1 Å². The highest BCUT2D eigenvalue weighted by molar-refractivity contribution is 5.87. The van der Waals surface area contributed by atoms with Crippen LogP contribution >= 0.6 is 0 Å². The molecule has 0 aliphatic heterocycles. The fourth-order valence-corrected chi connectivity index (χ4v) is 1.70. The molecule has 6 heteroatoms. The van der Waals surface area contributed by atoms with Gasteiger partial charge in [0.05, 0.1) is 10.5 Å². The molecule has 0 radical (unpaired) electrons. The first kappa shape index (κ1) is 13.5. The van der Waals surface area contributed by atoms with Crippen LogP contribution in [0.5, 0.6) is 0 Å². The summed E-state index contributed by atoms with van der Waals surface area (Å²) in [5, 5.41) is 22.5. The quantitative estimate of drug-likeness (QED) is 0.644. The van der Waals surface area contributed by atoms with Crippen LogP contribution in [0.3, 0.4) is 0 Å². The van der Waals surface area contributed by atoms with E-state index in [-0.39, 0.29) is 11.3 Å². The Morgan fingerprint density at radius 1 is 1.20 bits per heavy atom. The molecule has 0 fully saturated rings. The zero-order valence-corrected chi connectivity index (χ0v) is 10.4. The van der Waals surface area contributed by atoms with E-state index < -0.39 is 10.9 Å². The highest BCUT2D eigenvalue weighted by Crippen LogP contribution is 2.17. The molecule has 2 N–H and O–H groups in total. The van der Waals surface area contributed by atoms with Crippen LogP contribution < -0.4 is 5.32 Å². The Balaban J connectivity index is 2.03. The summed E-state index contributed by atoms with van der Waals surface area (Å²) in [6.45, 7) is 0.459. The molecule has 0 saturated carbocycles. The van der Waals surface area contributed by atoms with E-state index in [0.29, 0.717) is 12.2 Å². The number of nitrogens with one attached hydrogen (secondary N) is 1. The predicted molar refractivity (Wildman–Crippen MR) is 73.8 cm³/mol. The van der Waals surface area contributed by atoms with E-state index in [1.54, 1.807) is 24.3 Å². The van der Waals surface area contributed by atoms with Gasteiger partial charge in [0, 0.05) is 24.4 Å². The molecule has 0 atom stereocenters. The number of carbonyl (C=O) groups is 1. The summed E-state index contributed by atoms with van der Waals surface area (Å²) in [4.78, 5) is 20.9. The molecular weight excluding hydrogens is 260 g/mol. The van der Waals surface area contributed by atoms with Crippen molar-refractivity contribution in [1.82, 2.24) is 0 Å². The van der Waals surface area contributed by atoms with E-state index in [1.807, 2.05) is 0 Å². The van der Waals surface area contributed by atoms with Crippen molar-refractivity contribution in [2.75, 3.05) is 5.32 Å². The van der Waals surface area contributed by atoms with Gasteiger partial charge in [-0.3, -0.25) is 10.1 Å². The van der Waals surface area contributed by atoms with Crippen LogP contribution in [0.2, 0.25) is 0 Å². The minimum atomic E-state index is -0.969. The smallest absolute Gasteiger partial charge is 0.335 e. The number of hydrogen-bond donors (Lipinski definition) is 2. The van der Waals surface area contributed by atoms with Gasteiger partial charge in [-0.1, -0.05) is 18.2 Å². The fourth-order valence-electron chi connectivity index (χ4n) is 1.70. The lowest BCUT2D eigenvalue weighted by Crippen LogP contribution is -2.01. The second-order valence-corrected chi connectivity index (χ2v) is 4.16. The summed E-state index contributed by atoms with van der Waals surface area (Å²) in [6.07, 6.45) is 0. The number of non-ortho nitro benzene ring substituents is 1. The first-order valence-corrected chi connectivity index (χ1v) is 5.87. The average molecular weight is 272 g/mol. The van der Waals surface area contributed by atoms with Crippen molar-refractivity contribution >= 4 is 17.3 Å². The molecule has 0 aliphatic carbocycles. The Morgan fingerprint density at radius 3 is 2.50 bits per heavy atom. The van der Waals surface area contributed by atoms with Crippen molar-refractivity contribution in [1.29, 1.82) is 0 Å². The van der Waals surface area contributed by atoms with E-state index in [4.69, 9.17) is 5.11 Å². The molecule has 20 heavy (non-hydrogen) atoms. The van der Waals surface area contributed by atoms with Gasteiger partial charge in [0.15, 0.2) is 0 Å². The average Bonchev–Trinajstić information content (AvgIpc) is 2.46. The number of rotatable bonds is 5. The van der Waals surface area contributed by atoms with E-state index in [0.717, 1.165) is 5.56 Å². The minimum Gasteiger partial charge on any atom is -0.478 e. The zero-order chi connectivity index (χ0) is 14.5. The maximum absolute atomic E-state index is 10.7. The van der Waals surface area contributed by atoms with Crippen LogP contribution in [0.1, 0.15) is 15.9 Å². The summed E-state index contributed by atoms with van der Waals surface area (Å²) < 4.78 is 0. The molecule has 0 heterocycles. The van der Waals surface area contributed by atoms with Crippen molar-refractivity contribution in [3.63, 3.8) is 0 Å². The molecule has 2 rings (SSSR count). The van der Waals surface area contributed by atoms with Gasteiger partial charge in [-0.2, -0.15) is 0 Å². The lowest BCUT2D eigenvalue weighted by molar-refractivity contribution is -0.384. The van der Waals surface area contributed by atoms with Crippen LogP contribution in [0.4, 0.5) is 11.4 Å². The number of anilines is 1. The van der Waals surface area contributed by atoms with E-state index in [9.17, 15) is 14.9 Å². The number of aromatic carboxylic acids is 1. The second-order valence-electron chi connectivity index (χ2n) is 4.16. The minimum absolute atomic E-state index is 0.0243. The van der Waals surface area contributed by atoms with Crippen molar-refractivity contribution in [2.45, 2.75) is 6.54 Å². The highest BCUT2D eigenvalue weighted by Gasteiger charge is 2.05. The molecule has 0 aromatic heterocycles. The molecule has 102 valence electrons. The molecular formula is C14H12N2O4. The van der Waals surface area contributed by atoms with E-state index in [2.05, 4.69) is 5.32 Å². The molecule has 0 amide bonds. The number of carboxylic acids is 1. The van der Waals surface area contributed by atoms with Crippen molar-refractivity contribution in [3.05, 3.63) is 69.8 Å². The lowest BCUT2D eigenvalue weighted by atomic mass is 10.1. The molecule has 0 saturated heterocycles.